The molecule has 0 amide bonds. The number of hydrogen-bond donors (Lipinski definition) is 1. The van der Waals surface area contributed by atoms with Crippen molar-refractivity contribution < 1.29 is 4.39 Å². The maximum absolute atomic E-state index is 13.7. The molecule has 17 heavy (non-hydrogen) atoms. The molecule has 3 heteroatoms. The van der Waals surface area contributed by atoms with E-state index in [9.17, 15) is 4.39 Å². The van der Waals surface area contributed by atoms with Gasteiger partial charge in [0.2, 0.25) is 0 Å². The monoisotopic (exact) mass is 255 g/mol. The third-order valence-corrected chi connectivity index (χ3v) is 3.59. The van der Waals surface area contributed by atoms with Crippen LogP contribution in [0, 0.1) is 11.7 Å². The van der Waals surface area contributed by atoms with Crippen LogP contribution in [0.2, 0.25) is 0 Å². The molecule has 0 saturated heterocycles. The fourth-order valence-corrected chi connectivity index (χ4v) is 2.27. The van der Waals surface area contributed by atoms with Crippen LogP contribution in [0.1, 0.15) is 32.8 Å². The van der Waals surface area contributed by atoms with Crippen LogP contribution < -0.4 is 5.32 Å². The van der Waals surface area contributed by atoms with Gasteiger partial charge in [-0.1, -0.05) is 26.8 Å². The summed E-state index contributed by atoms with van der Waals surface area (Å²) in [5.41, 5.74) is 1.02. The normalized spacial score (nSPS) is 11.1. The highest BCUT2D eigenvalue weighted by Crippen LogP contribution is 2.23. The molecule has 1 N–H and O–H groups in total. The molecular formula is C14H22FNS. The lowest BCUT2D eigenvalue weighted by Gasteiger charge is -2.09. The maximum Gasteiger partial charge on any atom is 0.137 e. The van der Waals surface area contributed by atoms with Gasteiger partial charge in [-0.3, -0.25) is 0 Å². The highest BCUT2D eigenvalue weighted by Gasteiger charge is 2.04. The van der Waals surface area contributed by atoms with Crippen molar-refractivity contribution in [2.45, 2.75) is 38.6 Å². The lowest BCUT2D eigenvalue weighted by molar-refractivity contribution is 0.548. The van der Waals surface area contributed by atoms with Crippen LogP contribution in [0.3, 0.4) is 0 Å². The molecule has 0 radical (unpaired) electrons. The molecule has 0 heterocycles. The summed E-state index contributed by atoms with van der Waals surface area (Å²) in [6.07, 6.45) is 1.07. The van der Waals surface area contributed by atoms with Crippen molar-refractivity contribution in [2.75, 3.05) is 12.3 Å². The van der Waals surface area contributed by atoms with Gasteiger partial charge in [0.05, 0.1) is 0 Å². The van der Waals surface area contributed by atoms with Crippen LogP contribution in [0.5, 0.6) is 0 Å². The van der Waals surface area contributed by atoms with Gasteiger partial charge < -0.3 is 5.32 Å². The second-order valence-corrected chi connectivity index (χ2v) is 5.77. The largest absolute Gasteiger partial charge is 0.312 e. The molecule has 0 saturated carbocycles. The van der Waals surface area contributed by atoms with Crippen molar-refractivity contribution in [1.82, 2.24) is 5.32 Å². The Morgan fingerprint density at radius 1 is 1.35 bits per heavy atom. The Morgan fingerprint density at radius 3 is 2.71 bits per heavy atom. The van der Waals surface area contributed by atoms with E-state index in [2.05, 4.69) is 26.1 Å². The molecule has 0 atom stereocenters. The van der Waals surface area contributed by atoms with Crippen molar-refractivity contribution >= 4 is 11.8 Å². The van der Waals surface area contributed by atoms with Crippen molar-refractivity contribution in [3.63, 3.8) is 0 Å². The van der Waals surface area contributed by atoms with E-state index in [1.165, 1.54) is 0 Å². The molecule has 0 aliphatic carbocycles. The maximum atomic E-state index is 13.7. The highest BCUT2D eigenvalue weighted by molar-refractivity contribution is 7.99. The Hall–Kier alpha value is -0.540. The summed E-state index contributed by atoms with van der Waals surface area (Å²) < 4.78 is 13.7. The minimum Gasteiger partial charge on any atom is -0.312 e. The second kappa shape index (κ2) is 7.72. The van der Waals surface area contributed by atoms with Gasteiger partial charge in [-0.15, -0.1) is 11.8 Å². The number of hydrogen-bond acceptors (Lipinski definition) is 2. The molecular weight excluding hydrogens is 233 g/mol. The van der Waals surface area contributed by atoms with Gasteiger partial charge in [-0.25, -0.2) is 4.39 Å². The summed E-state index contributed by atoms with van der Waals surface area (Å²) >= 11 is 1.59. The molecule has 0 fully saturated rings. The average Bonchev–Trinajstić information content (AvgIpc) is 2.27. The molecule has 1 aromatic carbocycles. The van der Waals surface area contributed by atoms with Crippen molar-refractivity contribution in [1.29, 1.82) is 0 Å². The minimum atomic E-state index is -0.0905. The van der Waals surface area contributed by atoms with Gasteiger partial charge in [0.25, 0.3) is 0 Å². The van der Waals surface area contributed by atoms with Crippen molar-refractivity contribution in [3.8, 4) is 0 Å². The molecule has 0 spiro atoms. The zero-order chi connectivity index (χ0) is 12.7. The third-order valence-electron chi connectivity index (χ3n) is 2.34. The van der Waals surface area contributed by atoms with Crippen LogP contribution in [0.25, 0.3) is 0 Å². The summed E-state index contributed by atoms with van der Waals surface area (Å²) in [5.74, 6) is 1.51. The number of nitrogens with one attached hydrogen (secondary N) is 1. The number of benzene rings is 1. The molecule has 96 valence electrons. The van der Waals surface area contributed by atoms with Gasteiger partial charge in [0.1, 0.15) is 5.82 Å². The van der Waals surface area contributed by atoms with Crippen LogP contribution in [-0.4, -0.2) is 12.3 Å². The quantitative estimate of drug-likeness (QED) is 0.737. The van der Waals surface area contributed by atoms with Crippen LogP contribution in [0.4, 0.5) is 4.39 Å². The Morgan fingerprint density at radius 2 is 2.12 bits per heavy atom. The van der Waals surface area contributed by atoms with E-state index in [1.807, 2.05) is 12.1 Å². The van der Waals surface area contributed by atoms with Crippen LogP contribution in [0.15, 0.2) is 23.1 Å². The molecule has 0 aliphatic rings. The van der Waals surface area contributed by atoms with Gasteiger partial charge in [0, 0.05) is 11.4 Å². The summed E-state index contributed by atoms with van der Waals surface area (Å²) in [4.78, 5) is 0.763. The second-order valence-electron chi connectivity index (χ2n) is 4.64. The Kier molecular flexibility index (Phi) is 6.60. The average molecular weight is 255 g/mol. The minimum absolute atomic E-state index is 0.0905. The van der Waals surface area contributed by atoms with E-state index < -0.39 is 0 Å². The predicted octanol–water partition coefficient (Wildman–Crippen LogP) is 4.07. The van der Waals surface area contributed by atoms with Crippen LogP contribution >= 0.6 is 11.8 Å². The van der Waals surface area contributed by atoms with E-state index in [0.29, 0.717) is 5.92 Å². The SMILES string of the molecule is CCCSc1ccc(CNCC(C)C)cc1F. The van der Waals surface area contributed by atoms with Gasteiger partial charge in [0.15, 0.2) is 0 Å². The van der Waals surface area contributed by atoms with Crippen molar-refractivity contribution in [3.05, 3.63) is 29.6 Å². The lowest BCUT2D eigenvalue weighted by atomic mass is 10.2. The van der Waals surface area contributed by atoms with E-state index >= 15 is 0 Å². The Labute approximate surface area is 108 Å². The first-order valence-electron chi connectivity index (χ1n) is 6.25. The number of rotatable bonds is 7. The lowest BCUT2D eigenvalue weighted by Crippen LogP contribution is -2.18. The van der Waals surface area contributed by atoms with Gasteiger partial charge >= 0.3 is 0 Å². The fraction of sp³-hybridized carbons (Fsp3) is 0.571. The zero-order valence-electron chi connectivity index (χ0n) is 10.9. The number of thioether (sulfide) groups is 1. The zero-order valence-corrected chi connectivity index (χ0v) is 11.7. The van der Waals surface area contributed by atoms with E-state index in [-0.39, 0.29) is 5.82 Å². The van der Waals surface area contributed by atoms with Gasteiger partial charge in [-0.2, -0.15) is 0 Å². The summed E-state index contributed by atoms with van der Waals surface area (Å²) in [6, 6.07) is 5.54. The molecule has 0 unspecified atom stereocenters. The van der Waals surface area contributed by atoms with E-state index in [0.717, 1.165) is 35.7 Å². The first-order valence-corrected chi connectivity index (χ1v) is 7.24. The van der Waals surface area contributed by atoms with Gasteiger partial charge in [-0.05, 0) is 42.3 Å². The summed E-state index contributed by atoms with van der Waals surface area (Å²) in [6.45, 7) is 8.15. The fourth-order valence-electron chi connectivity index (χ4n) is 1.49. The smallest absolute Gasteiger partial charge is 0.137 e. The third kappa shape index (κ3) is 5.55. The molecule has 1 rings (SSSR count). The van der Waals surface area contributed by atoms with Crippen LogP contribution in [-0.2, 0) is 6.54 Å². The van der Waals surface area contributed by atoms with E-state index in [1.54, 1.807) is 17.8 Å². The summed E-state index contributed by atoms with van der Waals surface area (Å²) in [5, 5.41) is 3.32. The Bertz CT molecular complexity index is 339. The highest BCUT2D eigenvalue weighted by atomic mass is 32.2. The standard InChI is InChI=1S/C14H22FNS/c1-4-7-17-14-6-5-12(8-13(14)15)10-16-9-11(2)3/h5-6,8,11,16H,4,7,9-10H2,1-3H3. The number of halogens is 1. The topological polar surface area (TPSA) is 12.0 Å². The predicted molar refractivity (Wildman–Crippen MR) is 74.0 cm³/mol. The molecule has 1 nitrogen and oxygen atoms in total. The van der Waals surface area contributed by atoms with E-state index in [4.69, 9.17) is 0 Å². The first-order chi connectivity index (χ1) is 8.13. The molecule has 0 aromatic heterocycles. The molecule has 0 aliphatic heterocycles. The Balaban J connectivity index is 2.50. The van der Waals surface area contributed by atoms with Crippen molar-refractivity contribution in [2.24, 2.45) is 5.92 Å². The summed E-state index contributed by atoms with van der Waals surface area (Å²) in [7, 11) is 0. The molecule has 0 bridgehead atoms. The first kappa shape index (κ1) is 14.5. The molecule has 1 aromatic rings.